The van der Waals surface area contributed by atoms with E-state index in [-0.39, 0.29) is 29.9 Å². The van der Waals surface area contributed by atoms with Crippen molar-refractivity contribution in [3.05, 3.63) is 88.7 Å². The van der Waals surface area contributed by atoms with Gasteiger partial charge in [-0.05, 0) is 91.2 Å². The number of phenolic OH excluding ortho intramolecular Hbond substituents is 1. The molecule has 5 N–H and O–H groups in total. The Labute approximate surface area is 244 Å². The largest absolute Gasteiger partial charge is 0.504 e. The number of rotatable bonds is 17. The number of benzene rings is 2. The van der Waals surface area contributed by atoms with Gasteiger partial charge in [-0.1, -0.05) is 62.2 Å². The summed E-state index contributed by atoms with van der Waals surface area (Å²) in [5, 5.41) is 16.9. The maximum absolute atomic E-state index is 12.6. The lowest BCUT2D eigenvalue weighted by Gasteiger charge is -2.23. The summed E-state index contributed by atoms with van der Waals surface area (Å²) in [4.78, 5) is 25.0. The van der Waals surface area contributed by atoms with Gasteiger partial charge < -0.3 is 26.2 Å². The van der Waals surface area contributed by atoms with Crippen molar-refractivity contribution in [2.45, 2.75) is 64.5 Å². The number of nitrogens with two attached hydrogens (primary N) is 1. The first kappa shape index (κ1) is 31.8. The summed E-state index contributed by atoms with van der Waals surface area (Å²) in [7, 11) is 3.45. The first-order valence-corrected chi connectivity index (χ1v) is 14.5. The van der Waals surface area contributed by atoms with Crippen LogP contribution in [0.2, 0.25) is 0 Å². The molecule has 1 heterocycles. The van der Waals surface area contributed by atoms with Gasteiger partial charge in [0.25, 0.3) is 0 Å². The maximum atomic E-state index is 12.6. The van der Waals surface area contributed by atoms with E-state index < -0.39 is 0 Å². The summed E-state index contributed by atoms with van der Waals surface area (Å²) in [6.45, 7) is 3.23. The quantitative estimate of drug-likeness (QED) is 0.119. The van der Waals surface area contributed by atoms with E-state index in [0.29, 0.717) is 24.5 Å². The fourth-order valence-electron chi connectivity index (χ4n) is 5.05. The molecule has 41 heavy (non-hydrogen) atoms. The lowest BCUT2D eigenvalue weighted by Crippen LogP contribution is -2.38. The lowest BCUT2D eigenvalue weighted by atomic mass is 9.93. The van der Waals surface area contributed by atoms with E-state index in [1.165, 1.54) is 18.7 Å². The summed E-state index contributed by atoms with van der Waals surface area (Å²) in [5.41, 5.74) is 11.1. The average molecular weight is 560 g/mol. The molecular weight excluding hydrogens is 514 g/mol. The molecule has 3 rings (SSSR count). The molecule has 1 aliphatic heterocycles. The number of unbranched alkanes of at least 4 members (excludes halogenated alkanes) is 2. The number of dihydropyridines is 1. The molecule has 2 atom stereocenters. The minimum absolute atomic E-state index is 0.0241. The Morgan fingerprint density at radius 3 is 2.66 bits per heavy atom. The van der Waals surface area contributed by atoms with Crippen LogP contribution in [-0.2, 0) is 22.4 Å². The number of nitrogens with one attached hydrogen (secondary N) is 2. The summed E-state index contributed by atoms with van der Waals surface area (Å²) in [5.74, 6) is 0.707. The van der Waals surface area contributed by atoms with Crippen LogP contribution in [-0.4, -0.2) is 43.5 Å². The SMILES string of the molecule is CNCC(C)CCCCCC(=O)CC(=O)C=Cc1cc(OC)c(O)cc1CC1=CNC(N)C(Cc2ccccc2)=C1. The minimum Gasteiger partial charge on any atom is -0.504 e. The van der Waals surface area contributed by atoms with Crippen LogP contribution in [0.1, 0.15) is 62.1 Å². The van der Waals surface area contributed by atoms with Gasteiger partial charge in [0.2, 0.25) is 0 Å². The van der Waals surface area contributed by atoms with Crippen LogP contribution in [0, 0.1) is 5.92 Å². The predicted molar refractivity (Wildman–Crippen MR) is 166 cm³/mol. The van der Waals surface area contributed by atoms with Crippen molar-refractivity contribution in [1.29, 1.82) is 0 Å². The van der Waals surface area contributed by atoms with Gasteiger partial charge in [-0.25, -0.2) is 0 Å². The Balaban J connectivity index is 1.62. The zero-order chi connectivity index (χ0) is 29.6. The molecule has 2 unspecified atom stereocenters. The summed E-state index contributed by atoms with van der Waals surface area (Å²) >= 11 is 0. The van der Waals surface area contributed by atoms with Gasteiger partial charge in [-0.3, -0.25) is 9.59 Å². The van der Waals surface area contributed by atoms with Crippen LogP contribution in [0.15, 0.2) is 72.0 Å². The highest BCUT2D eigenvalue weighted by Crippen LogP contribution is 2.32. The summed E-state index contributed by atoms with van der Waals surface area (Å²) in [6.07, 6.45) is 12.5. The highest BCUT2D eigenvalue weighted by molar-refractivity contribution is 6.06. The van der Waals surface area contributed by atoms with E-state index in [1.807, 2.05) is 31.4 Å². The molecule has 0 radical (unpaired) electrons. The van der Waals surface area contributed by atoms with Crippen LogP contribution in [0.4, 0.5) is 0 Å². The fraction of sp³-hybridized carbons (Fsp3) is 0.412. The topological polar surface area (TPSA) is 114 Å². The van der Waals surface area contributed by atoms with Crippen molar-refractivity contribution in [1.82, 2.24) is 10.6 Å². The normalized spacial score (nSPS) is 15.7. The van der Waals surface area contributed by atoms with E-state index in [2.05, 4.69) is 35.8 Å². The number of ketones is 2. The Kier molecular flexibility index (Phi) is 12.9. The van der Waals surface area contributed by atoms with Crippen molar-refractivity contribution < 1.29 is 19.4 Å². The average Bonchev–Trinajstić information content (AvgIpc) is 2.95. The predicted octanol–water partition coefficient (Wildman–Crippen LogP) is 5.23. The molecule has 0 saturated carbocycles. The van der Waals surface area contributed by atoms with Gasteiger partial charge >= 0.3 is 0 Å². The standard InChI is InChI=1S/C34H45N3O4/c1-24(22-36-2)10-6-4-9-13-30(38)21-31(39)15-14-27-20-33(41-3)32(40)19-28(27)17-26-18-29(34(35)37-23-26)16-25-11-7-5-8-12-25/h5,7-8,11-12,14-15,18-20,23-24,34,36-37,40H,4,6,9-10,13,16-17,21-22,35H2,1-3H3. The number of methoxy groups -OCH3 is 1. The number of carbonyl (C=O) groups excluding carboxylic acids is 2. The van der Waals surface area contributed by atoms with Gasteiger partial charge in [0.1, 0.15) is 5.78 Å². The highest BCUT2D eigenvalue weighted by Gasteiger charge is 2.17. The number of carbonyl (C=O) groups is 2. The molecule has 220 valence electrons. The molecule has 0 aliphatic carbocycles. The number of hydrogen-bond acceptors (Lipinski definition) is 7. The Morgan fingerprint density at radius 2 is 1.93 bits per heavy atom. The first-order chi connectivity index (χ1) is 19.8. The minimum atomic E-state index is -0.278. The van der Waals surface area contributed by atoms with E-state index in [0.717, 1.165) is 60.9 Å². The van der Waals surface area contributed by atoms with E-state index in [9.17, 15) is 14.7 Å². The molecule has 0 spiro atoms. The van der Waals surface area contributed by atoms with Gasteiger partial charge in [0.15, 0.2) is 17.3 Å². The van der Waals surface area contributed by atoms with Crippen LogP contribution in [0.3, 0.4) is 0 Å². The summed E-state index contributed by atoms with van der Waals surface area (Å²) in [6, 6.07) is 13.5. The van der Waals surface area contributed by atoms with E-state index in [1.54, 1.807) is 18.2 Å². The molecule has 2 aromatic rings. The molecule has 0 saturated heterocycles. The molecule has 1 aliphatic rings. The second-order valence-electron chi connectivity index (χ2n) is 10.9. The molecule has 7 heteroatoms. The third kappa shape index (κ3) is 10.7. The second kappa shape index (κ2) is 16.6. The Hall–Kier alpha value is -3.68. The highest BCUT2D eigenvalue weighted by atomic mass is 16.5. The number of Topliss-reactive ketones (excluding diaryl/α,β-unsaturated/α-hetero) is 1. The van der Waals surface area contributed by atoms with Crippen LogP contribution >= 0.6 is 0 Å². The van der Waals surface area contributed by atoms with Crippen molar-refractivity contribution in [3.63, 3.8) is 0 Å². The van der Waals surface area contributed by atoms with E-state index in [4.69, 9.17) is 10.5 Å². The summed E-state index contributed by atoms with van der Waals surface area (Å²) < 4.78 is 5.31. The molecular formula is C34H45N3O4. The van der Waals surface area contributed by atoms with Crippen LogP contribution < -0.4 is 21.1 Å². The molecule has 0 amide bonds. The third-order valence-electron chi connectivity index (χ3n) is 7.33. The zero-order valence-corrected chi connectivity index (χ0v) is 24.6. The number of hydrogen-bond donors (Lipinski definition) is 4. The van der Waals surface area contributed by atoms with Crippen LogP contribution in [0.5, 0.6) is 11.5 Å². The van der Waals surface area contributed by atoms with Crippen molar-refractivity contribution in [3.8, 4) is 11.5 Å². The molecule has 0 bridgehead atoms. The van der Waals surface area contributed by atoms with Crippen LogP contribution in [0.25, 0.3) is 6.08 Å². The van der Waals surface area contributed by atoms with Gasteiger partial charge in [-0.2, -0.15) is 0 Å². The van der Waals surface area contributed by atoms with Gasteiger partial charge in [0.05, 0.1) is 19.7 Å². The van der Waals surface area contributed by atoms with Crippen molar-refractivity contribution >= 4 is 17.6 Å². The Bertz CT molecular complexity index is 1250. The lowest BCUT2D eigenvalue weighted by molar-refractivity contribution is -0.124. The number of ether oxygens (including phenoxy) is 1. The molecule has 7 nitrogen and oxygen atoms in total. The van der Waals surface area contributed by atoms with Gasteiger partial charge in [0, 0.05) is 12.6 Å². The van der Waals surface area contributed by atoms with Crippen molar-refractivity contribution in [2.75, 3.05) is 20.7 Å². The van der Waals surface area contributed by atoms with Gasteiger partial charge in [-0.15, -0.1) is 0 Å². The smallest absolute Gasteiger partial charge is 0.163 e. The zero-order valence-electron chi connectivity index (χ0n) is 24.6. The molecule has 0 aromatic heterocycles. The maximum Gasteiger partial charge on any atom is 0.163 e. The Morgan fingerprint density at radius 1 is 1.15 bits per heavy atom. The second-order valence-corrected chi connectivity index (χ2v) is 10.9. The number of allylic oxidation sites excluding steroid dienone is 3. The number of aromatic hydroxyl groups is 1. The molecule has 0 fully saturated rings. The van der Waals surface area contributed by atoms with Crippen molar-refractivity contribution in [2.24, 2.45) is 11.7 Å². The fourth-order valence-corrected chi connectivity index (χ4v) is 5.05. The third-order valence-corrected chi connectivity index (χ3v) is 7.33. The first-order valence-electron chi connectivity index (χ1n) is 14.5. The number of phenols is 1. The monoisotopic (exact) mass is 559 g/mol. The molecule has 2 aromatic carbocycles. The van der Waals surface area contributed by atoms with E-state index >= 15 is 0 Å².